The molecule has 1 N–H and O–H groups in total. The van der Waals surface area contributed by atoms with E-state index in [2.05, 4.69) is 19.7 Å². The van der Waals surface area contributed by atoms with E-state index in [-0.39, 0.29) is 11.5 Å². The van der Waals surface area contributed by atoms with Crippen molar-refractivity contribution in [3.8, 4) is 5.75 Å². The molecule has 1 aromatic carbocycles. The van der Waals surface area contributed by atoms with Crippen LogP contribution in [0.3, 0.4) is 0 Å². The molecule has 2 heteroatoms. The largest absolute Gasteiger partial charge is 0.508 e. The van der Waals surface area contributed by atoms with Crippen molar-refractivity contribution in [2.75, 3.05) is 0 Å². The van der Waals surface area contributed by atoms with Crippen LogP contribution in [0, 0.1) is 0 Å². The number of carbonyl (C=O) groups is 1. The summed E-state index contributed by atoms with van der Waals surface area (Å²) in [5, 5.41) is 10.1. The number of rotatable bonds is 6. The maximum atomic E-state index is 12.5. The zero-order valence-electron chi connectivity index (χ0n) is 12.1. The molecule has 0 aliphatic heterocycles. The minimum atomic E-state index is -0.656. The van der Waals surface area contributed by atoms with Crippen LogP contribution < -0.4 is 0 Å². The van der Waals surface area contributed by atoms with E-state index in [1.807, 2.05) is 6.07 Å². The molecule has 0 atom stereocenters. The van der Waals surface area contributed by atoms with Crippen molar-refractivity contribution >= 4 is 11.9 Å². The van der Waals surface area contributed by atoms with Gasteiger partial charge in [-0.1, -0.05) is 30.4 Å². The zero-order valence-corrected chi connectivity index (χ0v) is 12.1. The third-order valence-corrected chi connectivity index (χ3v) is 4.06. The minimum absolute atomic E-state index is 0.0602. The second-order valence-electron chi connectivity index (χ2n) is 5.28. The second-order valence-corrected chi connectivity index (χ2v) is 5.28. The normalized spacial score (nSPS) is 15.3. The molecule has 0 unspecified atom stereocenters. The number of carbonyl (C=O) groups excluding carboxylic acids is 1. The van der Waals surface area contributed by atoms with Gasteiger partial charge in [0.15, 0.2) is 5.78 Å². The predicted octanol–water partition coefficient (Wildman–Crippen LogP) is 4.11. The van der Waals surface area contributed by atoms with Crippen LogP contribution in [0.15, 0.2) is 56.2 Å². The lowest BCUT2D eigenvalue weighted by atomic mass is 9.66. The number of fused-ring (bicyclic) bond motifs is 1. The molecule has 0 amide bonds. The maximum absolute atomic E-state index is 12.5. The molecule has 0 saturated heterocycles. The highest BCUT2D eigenvalue weighted by Crippen LogP contribution is 2.43. The molecular formula is C19H20O2. The van der Waals surface area contributed by atoms with E-state index in [0.29, 0.717) is 19.3 Å². The fourth-order valence-corrected chi connectivity index (χ4v) is 3.07. The summed E-state index contributed by atoms with van der Waals surface area (Å²) in [7, 11) is 0. The van der Waals surface area contributed by atoms with Crippen molar-refractivity contribution in [3.05, 3.63) is 72.9 Å². The topological polar surface area (TPSA) is 37.3 Å². The Morgan fingerprint density at radius 2 is 1.71 bits per heavy atom. The van der Waals surface area contributed by atoms with Crippen molar-refractivity contribution in [2.45, 2.75) is 24.7 Å². The van der Waals surface area contributed by atoms with Crippen molar-refractivity contribution in [1.29, 1.82) is 0 Å². The van der Waals surface area contributed by atoms with Gasteiger partial charge in [0.1, 0.15) is 5.75 Å². The third kappa shape index (κ3) is 2.38. The molecule has 2 rings (SSSR count). The van der Waals surface area contributed by atoms with Crippen LogP contribution in [0.4, 0.5) is 0 Å². The Labute approximate surface area is 125 Å². The van der Waals surface area contributed by atoms with Gasteiger partial charge in [0.2, 0.25) is 0 Å². The average Bonchev–Trinajstić information content (AvgIpc) is 2.46. The quantitative estimate of drug-likeness (QED) is 0.796. The first-order valence-electron chi connectivity index (χ1n) is 7.01. The zero-order chi connectivity index (χ0) is 15.5. The summed E-state index contributed by atoms with van der Waals surface area (Å²) in [6, 6.07) is 3.50. The van der Waals surface area contributed by atoms with Gasteiger partial charge in [0.25, 0.3) is 0 Å². The lowest BCUT2D eigenvalue weighted by Crippen LogP contribution is -2.36. The van der Waals surface area contributed by atoms with E-state index in [1.54, 1.807) is 36.4 Å². The van der Waals surface area contributed by atoms with E-state index >= 15 is 0 Å². The van der Waals surface area contributed by atoms with Crippen molar-refractivity contribution in [3.63, 3.8) is 0 Å². The van der Waals surface area contributed by atoms with E-state index < -0.39 is 5.41 Å². The number of phenols is 1. The van der Waals surface area contributed by atoms with Crippen molar-refractivity contribution < 1.29 is 9.90 Å². The van der Waals surface area contributed by atoms with Gasteiger partial charge < -0.3 is 5.11 Å². The van der Waals surface area contributed by atoms with E-state index in [0.717, 1.165) is 16.7 Å². The van der Waals surface area contributed by atoms with Crippen LogP contribution in [-0.4, -0.2) is 10.9 Å². The molecule has 0 bridgehead atoms. The second kappa shape index (κ2) is 5.96. The van der Waals surface area contributed by atoms with Crippen LogP contribution in [0.1, 0.15) is 29.5 Å². The molecule has 21 heavy (non-hydrogen) atoms. The summed E-state index contributed by atoms with van der Waals surface area (Å²) in [6.07, 6.45) is 10.3. The van der Waals surface area contributed by atoms with Gasteiger partial charge in [-0.15, -0.1) is 19.7 Å². The van der Waals surface area contributed by atoms with Gasteiger partial charge >= 0.3 is 0 Å². The number of ketones is 1. The van der Waals surface area contributed by atoms with Crippen LogP contribution in [0.5, 0.6) is 5.75 Å². The number of aromatic hydroxyl groups is 1. The highest BCUT2D eigenvalue weighted by Gasteiger charge is 2.40. The molecule has 1 aliphatic carbocycles. The summed E-state index contributed by atoms with van der Waals surface area (Å²) in [6.45, 7) is 11.3. The summed E-state index contributed by atoms with van der Waals surface area (Å²) in [5.41, 5.74) is 2.00. The number of allylic oxidation sites excluding steroid dienone is 4. The standard InChI is InChI=1S/C19H20O2/c1-4-7-15-14-8-11-18(21)19(12-5-2,13-6-3)16(14)9-10-17(15)20/h4-6,8-11,20H,1-3,7,12-13H2. The van der Waals surface area contributed by atoms with Gasteiger partial charge in [0, 0.05) is 5.56 Å². The molecule has 2 nitrogen and oxygen atoms in total. The number of hydrogen-bond acceptors (Lipinski definition) is 2. The fourth-order valence-electron chi connectivity index (χ4n) is 3.07. The molecule has 108 valence electrons. The maximum Gasteiger partial charge on any atom is 0.166 e. The molecule has 0 fully saturated rings. The summed E-state index contributed by atoms with van der Waals surface area (Å²) in [4.78, 5) is 12.5. The Bertz CT molecular complexity index is 625. The van der Waals surface area contributed by atoms with Gasteiger partial charge in [-0.2, -0.15) is 0 Å². The average molecular weight is 280 g/mol. The van der Waals surface area contributed by atoms with E-state index in [9.17, 15) is 9.90 Å². The van der Waals surface area contributed by atoms with Gasteiger partial charge in [-0.25, -0.2) is 0 Å². The van der Waals surface area contributed by atoms with Gasteiger partial charge in [-0.3, -0.25) is 4.79 Å². The Balaban J connectivity index is 2.74. The van der Waals surface area contributed by atoms with Gasteiger partial charge in [-0.05, 0) is 42.5 Å². The highest BCUT2D eigenvalue weighted by atomic mass is 16.3. The van der Waals surface area contributed by atoms with Crippen LogP contribution in [0.25, 0.3) is 6.08 Å². The first-order valence-corrected chi connectivity index (χ1v) is 7.01. The molecule has 0 spiro atoms. The molecule has 1 aliphatic rings. The summed E-state index contributed by atoms with van der Waals surface area (Å²) in [5.74, 6) is 0.295. The predicted molar refractivity (Wildman–Crippen MR) is 87.4 cm³/mol. The number of phenolic OH excluding ortho intramolecular Hbond substituents is 1. The van der Waals surface area contributed by atoms with Crippen molar-refractivity contribution in [2.24, 2.45) is 0 Å². The van der Waals surface area contributed by atoms with E-state index in [4.69, 9.17) is 0 Å². The smallest absolute Gasteiger partial charge is 0.166 e. The van der Waals surface area contributed by atoms with Crippen molar-refractivity contribution in [1.82, 2.24) is 0 Å². The molecule has 0 heterocycles. The lowest BCUT2D eigenvalue weighted by molar-refractivity contribution is -0.119. The Morgan fingerprint density at radius 1 is 1.05 bits per heavy atom. The van der Waals surface area contributed by atoms with Crippen LogP contribution in [-0.2, 0) is 16.6 Å². The Kier molecular flexibility index (Phi) is 4.27. The molecule has 0 saturated carbocycles. The Morgan fingerprint density at radius 3 is 2.29 bits per heavy atom. The lowest BCUT2D eigenvalue weighted by Gasteiger charge is -2.35. The molecule has 0 aromatic heterocycles. The third-order valence-electron chi connectivity index (χ3n) is 4.06. The SMILES string of the molecule is C=CCc1c(O)ccc2c1C=CC(=O)C2(CC=C)CC=C. The van der Waals surface area contributed by atoms with Gasteiger partial charge in [0.05, 0.1) is 5.41 Å². The highest BCUT2D eigenvalue weighted by molar-refractivity contribution is 6.05. The molecular weight excluding hydrogens is 260 g/mol. The van der Waals surface area contributed by atoms with Crippen LogP contribution in [0.2, 0.25) is 0 Å². The first kappa shape index (κ1) is 15.0. The minimum Gasteiger partial charge on any atom is -0.508 e. The summed E-state index contributed by atoms with van der Waals surface area (Å²) < 4.78 is 0. The molecule has 0 radical (unpaired) electrons. The monoisotopic (exact) mass is 280 g/mol. The fraction of sp³-hybridized carbons (Fsp3) is 0.211. The number of hydrogen-bond donors (Lipinski definition) is 1. The molecule has 1 aromatic rings. The van der Waals surface area contributed by atoms with Crippen LogP contribution >= 0.6 is 0 Å². The van der Waals surface area contributed by atoms with E-state index in [1.165, 1.54) is 0 Å². The summed E-state index contributed by atoms with van der Waals surface area (Å²) >= 11 is 0. The number of benzene rings is 1. The first-order chi connectivity index (χ1) is 10.1. The Hall–Kier alpha value is -2.35.